The first-order valence-electron chi connectivity index (χ1n) is 9.73. The quantitative estimate of drug-likeness (QED) is 0.158. The van der Waals surface area contributed by atoms with E-state index in [1.165, 1.54) is 76.9 Å². The molecule has 0 fully saturated rings. The third-order valence-electron chi connectivity index (χ3n) is 4.06. The summed E-state index contributed by atoms with van der Waals surface area (Å²) >= 11 is 0. The Morgan fingerprint density at radius 1 is 0.808 bits per heavy atom. The van der Waals surface area contributed by atoms with E-state index in [1.807, 2.05) is 6.08 Å². The molecule has 144 valence electrons. The van der Waals surface area contributed by atoms with E-state index in [0.29, 0.717) is 0 Å². The van der Waals surface area contributed by atoms with Crippen molar-refractivity contribution in [3.05, 3.63) is 12.3 Å². The third-order valence-corrected chi connectivity index (χ3v) is 4.06. The van der Waals surface area contributed by atoms with E-state index in [0.717, 1.165) is 12.8 Å². The van der Waals surface area contributed by atoms with Gasteiger partial charge in [0.05, 0.1) is 19.1 Å². The molecule has 0 aliphatic rings. The van der Waals surface area contributed by atoms with E-state index in [1.54, 1.807) is 0 Å². The van der Waals surface area contributed by atoms with Crippen molar-refractivity contribution in [3.63, 3.8) is 0 Å². The minimum atomic E-state index is -0.979. The van der Waals surface area contributed by atoms with E-state index in [4.69, 9.17) is 9.84 Å². The van der Waals surface area contributed by atoms with Crippen molar-refractivity contribution in [1.29, 1.82) is 0 Å². The molecule has 0 spiro atoms. The van der Waals surface area contributed by atoms with Gasteiger partial charge in [0, 0.05) is 0 Å². The van der Waals surface area contributed by atoms with Crippen LogP contribution in [0.2, 0.25) is 0 Å². The molecule has 0 radical (unpaired) electrons. The largest absolute Gasteiger partial charge is 1.00 e. The summed E-state index contributed by atoms with van der Waals surface area (Å²) in [5, 5.41) is 8.44. The molecule has 0 amide bonds. The SMILES string of the molecule is CCCCCCCCCCCCCC/C=C/OC(=O)CCC(=O)O.[H-].[H-].[K+].[K+]. The maximum Gasteiger partial charge on any atom is 1.00 e. The van der Waals surface area contributed by atoms with Crippen LogP contribution < -0.4 is 103 Å². The molecule has 0 heterocycles. The number of hydrogen-bond donors (Lipinski definition) is 1. The van der Waals surface area contributed by atoms with Crippen molar-refractivity contribution in [1.82, 2.24) is 0 Å². The van der Waals surface area contributed by atoms with Gasteiger partial charge in [-0.1, -0.05) is 77.6 Å². The maximum atomic E-state index is 11.1. The minimum Gasteiger partial charge on any atom is -1.00 e. The van der Waals surface area contributed by atoms with Gasteiger partial charge in [-0.15, -0.1) is 0 Å². The summed E-state index contributed by atoms with van der Waals surface area (Å²) < 4.78 is 4.82. The van der Waals surface area contributed by atoms with Crippen LogP contribution in [0.3, 0.4) is 0 Å². The Hall–Kier alpha value is 1.95. The molecular weight excluding hydrogens is 382 g/mol. The van der Waals surface area contributed by atoms with E-state index < -0.39 is 11.9 Å². The van der Waals surface area contributed by atoms with Gasteiger partial charge in [0.1, 0.15) is 0 Å². The van der Waals surface area contributed by atoms with Crippen molar-refractivity contribution in [2.75, 3.05) is 0 Å². The Labute approximate surface area is 248 Å². The number of ether oxygens (including phenoxy) is 1. The van der Waals surface area contributed by atoms with Gasteiger partial charge in [-0.3, -0.25) is 9.59 Å². The number of esters is 1. The number of hydrogen-bond acceptors (Lipinski definition) is 3. The van der Waals surface area contributed by atoms with Gasteiger partial charge < -0.3 is 12.7 Å². The Bertz CT molecular complexity index is 357. The number of rotatable bonds is 17. The molecule has 0 bridgehead atoms. The molecule has 6 heteroatoms. The summed E-state index contributed by atoms with van der Waals surface area (Å²) in [4.78, 5) is 21.4. The first-order valence-corrected chi connectivity index (χ1v) is 9.73. The molecule has 0 aliphatic carbocycles. The van der Waals surface area contributed by atoms with Crippen LogP contribution in [0.1, 0.15) is 106 Å². The molecule has 0 aliphatic heterocycles. The summed E-state index contributed by atoms with van der Waals surface area (Å²) in [6.45, 7) is 2.25. The van der Waals surface area contributed by atoms with Crippen LogP contribution in [0.25, 0.3) is 0 Å². The second-order valence-corrected chi connectivity index (χ2v) is 6.43. The summed E-state index contributed by atoms with van der Waals surface area (Å²) in [5.41, 5.74) is 0. The normalized spacial score (nSPS) is 10.2. The molecule has 0 unspecified atom stereocenters. The average Bonchev–Trinajstić information content (AvgIpc) is 2.56. The number of carbonyl (C=O) groups excluding carboxylic acids is 1. The second-order valence-electron chi connectivity index (χ2n) is 6.43. The Morgan fingerprint density at radius 2 is 1.27 bits per heavy atom. The molecule has 0 aromatic rings. The van der Waals surface area contributed by atoms with Crippen molar-refractivity contribution in [3.8, 4) is 0 Å². The molecular formula is C20H38K2O4. The molecule has 0 aromatic carbocycles. The van der Waals surface area contributed by atoms with E-state index in [2.05, 4.69) is 6.92 Å². The van der Waals surface area contributed by atoms with Gasteiger partial charge in [-0.25, -0.2) is 0 Å². The summed E-state index contributed by atoms with van der Waals surface area (Å²) in [5.74, 6) is -1.46. The molecule has 0 aromatic heterocycles. The van der Waals surface area contributed by atoms with Gasteiger partial charge in [-0.05, 0) is 18.9 Å². The molecule has 4 nitrogen and oxygen atoms in total. The van der Waals surface area contributed by atoms with Crippen LogP contribution in [0.5, 0.6) is 0 Å². The van der Waals surface area contributed by atoms with Gasteiger partial charge in [-0.2, -0.15) is 0 Å². The molecule has 0 saturated heterocycles. The monoisotopic (exact) mass is 420 g/mol. The van der Waals surface area contributed by atoms with Crippen LogP contribution in [-0.4, -0.2) is 17.0 Å². The maximum absolute atomic E-state index is 11.1. The van der Waals surface area contributed by atoms with Crippen LogP contribution in [0.15, 0.2) is 12.3 Å². The molecule has 0 rings (SSSR count). The predicted octanol–water partition coefficient (Wildman–Crippen LogP) is 0.232. The van der Waals surface area contributed by atoms with Gasteiger partial charge in [0.15, 0.2) is 0 Å². The van der Waals surface area contributed by atoms with Crippen molar-refractivity contribution in [2.24, 2.45) is 0 Å². The average molecular weight is 421 g/mol. The fourth-order valence-corrected chi connectivity index (χ4v) is 2.56. The number of allylic oxidation sites excluding steroid dienone is 1. The molecule has 26 heavy (non-hydrogen) atoms. The van der Waals surface area contributed by atoms with Crippen LogP contribution >= 0.6 is 0 Å². The number of carboxylic acid groups (broad SMARTS) is 1. The number of carboxylic acids is 1. The number of carbonyl (C=O) groups is 2. The summed E-state index contributed by atoms with van der Waals surface area (Å²) in [6.07, 6.45) is 19.8. The first-order chi connectivity index (χ1) is 11.7. The van der Waals surface area contributed by atoms with Crippen LogP contribution in [0, 0.1) is 0 Å². The smallest absolute Gasteiger partial charge is 1.00 e. The van der Waals surface area contributed by atoms with Crippen LogP contribution in [0.4, 0.5) is 0 Å². The fourth-order valence-electron chi connectivity index (χ4n) is 2.56. The van der Waals surface area contributed by atoms with Gasteiger partial charge in [0.25, 0.3) is 0 Å². The Balaban J connectivity index is -0.000000441. The van der Waals surface area contributed by atoms with E-state index in [9.17, 15) is 9.59 Å². The molecule has 1 N–H and O–H groups in total. The van der Waals surface area contributed by atoms with Gasteiger partial charge in [0.2, 0.25) is 0 Å². The zero-order valence-corrected chi connectivity index (χ0v) is 23.7. The number of unbranched alkanes of at least 4 members (excludes halogenated alkanes) is 12. The minimum absolute atomic E-state index is 0. The zero-order chi connectivity index (χ0) is 17.9. The molecule has 0 atom stereocenters. The zero-order valence-electron chi connectivity index (χ0n) is 19.4. The number of aliphatic carboxylic acids is 1. The third kappa shape index (κ3) is 28.2. The standard InChI is InChI=1S/C20H36O4.2K.2H/c1-2-3-4-5-6-7-8-9-10-11-12-13-14-15-18-24-20(23)17-16-19(21)22;;;;/h15,18H,2-14,16-17H2,1H3,(H,21,22);;;;/q;2*+1;2*-1/b18-15+;;;;. The van der Waals surface area contributed by atoms with Gasteiger partial charge >= 0.3 is 115 Å². The Kier molecular flexibility index (Phi) is 33.8. The topological polar surface area (TPSA) is 63.6 Å². The van der Waals surface area contributed by atoms with Crippen molar-refractivity contribution >= 4 is 11.9 Å². The van der Waals surface area contributed by atoms with Crippen molar-refractivity contribution in [2.45, 2.75) is 103 Å². The second kappa shape index (κ2) is 27.0. The van der Waals surface area contributed by atoms with Crippen molar-refractivity contribution < 1.29 is 125 Å². The molecule has 0 saturated carbocycles. The summed E-state index contributed by atoms with van der Waals surface area (Å²) in [7, 11) is 0. The Morgan fingerprint density at radius 3 is 1.73 bits per heavy atom. The summed E-state index contributed by atoms with van der Waals surface area (Å²) in [6, 6.07) is 0. The van der Waals surface area contributed by atoms with E-state index in [-0.39, 0.29) is 118 Å². The predicted molar refractivity (Wildman–Crippen MR) is 100 cm³/mol. The fraction of sp³-hybridized carbons (Fsp3) is 0.800. The van der Waals surface area contributed by atoms with Crippen LogP contribution in [-0.2, 0) is 14.3 Å². The first kappa shape index (κ1) is 32.6. The van der Waals surface area contributed by atoms with E-state index >= 15 is 0 Å².